The lowest BCUT2D eigenvalue weighted by Gasteiger charge is -2.16. The van der Waals surface area contributed by atoms with Crippen molar-refractivity contribution in [1.29, 1.82) is 0 Å². The van der Waals surface area contributed by atoms with Crippen LogP contribution in [0.2, 0.25) is 0 Å². The third-order valence-electron chi connectivity index (χ3n) is 2.57. The maximum absolute atomic E-state index is 12.8. The predicted octanol–water partition coefficient (Wildman–Crippen LogP) is 2.66. The van der Waals surface area contributed by atoms with E-state index in [4.69, 9.17) is 0 Å². The van der Waals surface area contributed by atoms with Gasteiger partial charge in [-0.15, -0.1) is 0 Å². The Hall–Kier alpha value is -2.16. The highest BCUT2D eigenvalue weighted by molar-refractivity contribution is 5.50. The van der Waals surface area contributed by atoms with Crippen molar-refractivity contribution < 1.29 is 9.18 Å². The van der Waals surface area contributed by atoms with Crippen LogP contribution in [0.4, 0.5) is 4.39 Å². The van der Waals surface area contributed by atoms with Gasteiger partial charge in [-0.2, -0.15) is 0 Å². The molecule has 0 aliphatic heterocycles. The monoisotopic (exact) mass is 229 g/mol. The molecule has 1 atom stereocenters. The molecule has 0 heterocycles. The smallest absolute Gasteiger partial charge is 0.207 e. The summed E-state index contributed by atoms with van der Waals surface area (Å²) in [6.45, 7) is 0. The molecule has 0 aliphatic rings. The highest BCUT2D eigenvalue weighted by Crippen LogP contribution is 2.21. The summed E-state index contributed by atoms with van der Waals surface area (Å²) in [5.41, 5.74) is 1.82. The van der Waals surface area contributed by atoms with Crippen molar-refractivity contribution >= 4 is 6.41 Å². The van der Waals surface area contributed by atoms with Gasteiger partial charge in [0.05, 0.1) is 6.04 Å². The minimum absolute atomic E-state index is 0.241. The lowest BCUT2D eigenvalue weighted by molar-refractivity contribution is -0.110. The van der Waals surface area contributed by atoms with E-state index in [1.54, 1.807) is 12.1 Å². The molecule has 1 amide bonds. The van der Waals surface area contributed by atoms with Crippen LogP contribution < -0.4 is 5.32 Å². The van der Waals surface area contributed by atoms with E-state index in [2.05, 4.69) is 5.32 Å². The zero-order valence-corrected chi connectivity index (χ0v) is 9.14. The minimum atomic E-state index is -0.285. The molecule has 2 rings (SSSR count). The molecule has 1 unspecified atom stereocenters. The fraction of sp³-hybridized carbons (Fsp3) is 0.0714. The number of hydrogen-bond donors (Lipinski definition) is 1. The maximum Gasteiger partial charge on any atom is 0.207 e. The number of nitrogens with one attached hydrogen (secondary N) is 1. The van der Waals surface area contributed by atoms with Gasteiger partial charge in [0.25, 0.3) is 0 Å². The van der Waals surface area contributed by atoms with Gasteiger partial charge in [-0.05, 0) is 23.3 Å². The molecule has 0 aliphatic carbocycles. The first kappa shape index (κ1) is 11.3. The van der Waals surface area contributed by atoms with Crippen molar-refractivity contribution in [3.05, 3.63) is 71.5 Å². The highest BCUT2D eigenvalue weighted by Gasteiger charge is 2.12. The fourth-order valence-corrected chi connectivity index (χ4v) is 1.75. The number of halogens is 1. The Morgan fingerprint density at radius 3 is 2.12 bits per heavy atom. The van der Waals surface area contributed by atoms with Crippen molar-refractivity contribution in [2.75, 3.05) is 0 Å². The second kappa shape index (κ2) is 5.25. The highest BCUT2D eigenvalue weighted by atomic mass is 19.1. The van der Waals surface area contributed by atoms with E-state index in [0.717, 1.165) is 11.1 Å². The second-order valence-corrected chi connectivity index (χ2v) is 3.68. The Kier molecular flexibility index (Phi) is 3.50. The Labute approximate surface area is 99.1 Å². The topological polar surface area (TPSA) is 29.1 Å². The minimum Gasteiger partial charge on any atom is -0.348 e. The molecule has 3 heteroatoms. The summed E-state index contributed by atoms with van der Waals surface area (Å²) in [7, 11) is 0. The van der Waals surface area contributed by atoms with Crippen molar-refractivity contribution in [1.82, 2.24) is 5.32 Å². The summed E-state index contributed by atoms with van der Waals surface area (Å²) in [4.78, 5) is 10.6. The number of rotatable bonds is 4. The zero-order chi connectivity index (χ0) is 12.1. The van der Waals surface area contributed by atoms with Crippen LogP contribution in [0.5, 0.6) is 0 Å². The molecule has 0 saturated heterocycles. The predicted molar refractivity (Wildman–Crippen MR) is 63.9 cm³/mol. The van der Waals surface area contributed by atoms with E-state index in [9.17, 15) is 9.18 Å². The number of benzene rings is 2. The van der Waals surface area contributed by atoms with Gasteiger partial charge >= 0.3 is 0 Å². The third-order valence-corrected chi connectivity index (χ3v) is 2.57. The number of carbonyl (C=O) groups is 1. The average molecular weight is 229 g/mol. The molecule has 2 aromatic carbocycles. The Morgan fingerprint density at radius 1 is 0.941 bits per heavy atom. The van der Waals surface area contributed by atoms with Crippen LogP contribution in [0.3, 0.4) is 0 Å². The molecule has 2 nitrogen and oxygen atoms in total. The van der Waals surface area contributed by atoms with Gasteiger partial charge < -0.3 is 5.32 Å². The molecule has 86 valence electrons. The van der Waals surface area contributed by atoms with Crippen molar-refractivity contribution in [2.45, 2.75) is 6.04 Å². The molecule has 0 saturated carbocycles. The average Bonchev–Trinajstić information content (AvgIpc) is 2.38. The van der Waals surface area contributed by atoms with E-state index in [1.807, 2.05) is 30.3 Å². The molecule has 1 N–H and O–H groups in total. The number of carbonyl (C=O) groups excluding carboxylic acids is 1. The molecule has 0 aromatic heterocycles. The van der Waals surface area contributed by atoms with Gasteiger partial charge in [0.1, 0.15) is 5.82 Å². The van der Waals surface area contributed by atoms with Crippen molar-refractivity contribution in [3.8, 4) is 0 Å². The maximum atomic E-state index is 12.8. The van der Waals surface area contributed by atoms with E-state index in [-0.39, 0.29) is 11.9 Å². The Morgan fingerprint density at radius 2 is 1.53 bits per heavy atom. The first-order valence-electron chi connectivity index (χ1n) is 5.31. The molecular weight excluding hydrogens is 217 g/mol. The van der Waals surface area contributed by atoms with Crippen LogP contribution in [0.25, 0.3) is 0 Å². The van der Waals surface area contributed by atoms with Gasteiger partial charge in [0.15, 0.2) is 0 Å². The largest absolute Gasteiger partial charge is 0.348 e. The summed E-state index contributed by atoms with van der Waals surface area (Å²) in [5.74, 6) is -0.285. The van der Waals surface area contributed by atoms with E-state index in [0.29, 0.717) is 6.41 Å². The summed E-state index contributed by atoms with van der Waals surface area (Å²) in [6, 6.07) is 15.4. The van der Waals surface area contributed by atoms with Gasteiger partial charge in [-0.25, -0.2) is 4.39 Å². The first-order chi connectivity index (χ1) is 8.31. The quantitative estimate of drug-likeness (QED) is 0.802. The molecule has 0 fully saturated rings. The Bertz CT molecular complexity index is 481. The van der Waals surface area contributed by atoms with Crippen molar-refractivity contribution in [2.24, 2.45) is 0 Å². The standard InChI is InChI=1S/C14H12FNO/c15-13-8-6-12(7-9-13)14(16-10-17)11-4-2-1-3-5-11/h1-10,14H,(H,16,17). The normalized spacial score (nSPS) is 11.8. The van der Waals surface area contributed by atoms with Crippen LogP contribution in [0.1, 0.15) is 17.2 Å². The van der Waals surface area contributed by atoms with E-state index in [1.165, 1.54) is 12.1 Å². The van der Waals surface area contributed by atoms with E-state index < -0.39 is 0 Å². The van der Waals surface area contributed by atoms with Gasteiger partial charge in [0.2, 0.25) is 6.41 Å². The van der Waals surface area contributed by atoms with Crippen molar-refractivity contribution in [3.63, 3.8) is 0 Å². The van der Waals surface area contributed by atoms with Crippen LogP contribution in [0, 0.1) is 5.82 Å². The lowest BCUT2D eigenvalue weighted by Crippen LogP contribution is -2.20. The summed E-state index contributed by atoms with van der Waals surface area (Å²) < 4.78 is 12.8. The van der Waals surface area contributed by atoms with Gasteiger partial charge in [-0.3, -0.25) is 4.79 Å². The molecule has 0 bridgehead atoms. The number of amides is 1. The first-order valence-corrected chi connectivity index (χ1v) is 5.31. The van der Waals surface area contributed by atoms with Gasteiger partial charge in [-0.1, -0.05) is 42.5 Å². The van der Waals surface area contributed by atoms with Crippen LogP contribution in [0.15, 0.2) is 54.6 Å². The van der Waals surface area contributed by atoms with E-state index >= 15 is 0 Å². The molecular formula is C14H12FNO. The summed E-state index contributed by atoms with van der Waals surface area (Å²) in [5, 5.41) is 2.73. The summed E-state index contributed by atoms with van der Waals surface area (Å²) in [6.07, 6.45) is 0.654. The second-order valence-electron chi connectivity index (χ2n) is 3.68. The third kappa shape index (κ3) is 2.69. The molecule has 0 spiro atoms. The van der Waals surface area contributed by atoms with Crippen LogP contribution >= 0.6 is 0 Å². The molecule has 2 aromatic rings. The number of hydrogen-bond acceptors (Lipinski definition) is 1. The fourth-order valence-electron chi connectivity index (χ4n) is 1.75. The van der Waals surface area contributed by atoms with Gasteiger partial charge in [0, 0.05) is 0 Å². The molecule has 17 heavy (non-hydrogen) atoms. The Balaban J connectivity index is 2.35. The lowest BCUT2D eigenvalue weighted by atomic mass is 9.99. The molecule has 0 radical (unpaired) electrons. The SMILES string of the molecule is O=CNC(c1ccccc1)c1ccc(F)cc1. The summed E-state index contributed by atoms with van der Waals surface area (Å²) >= 11 is 0. The zero-order valence-electron chi connectivity index (χ0n) is 9.14. The van der Waals surface area contributed by atoms with Crippen LogP contribution in [-0.2, 0) is 4.79 Å². The van der Waals surface area contributed by atoms with Crippen LogP contribution in [-0.4, -0.2) is 6.41 Å².